The van der Waals surface area contributed by atoms with Crippen molar-refractivity contribution in [3.63, 3.8) is 0 Å². The van der Waals surface area contributed by atoms with Gasteiger partial charge in [-0.3, -0.25) is 14.3 Å². The summed E-state index contributed by atoms with van der Waals surface area (Å²) in [6.45, 7) is 0. The second kappa shape index (κ2) is 6.36. The Labute approximate surface area is 142 Å². The van der Waals surface area contributed by atoms with Gasteiger partial charge < -0.3 is 0 Å². The van der Waals surface area contributed by atoms with E-state index >= 15 is 0 Å². The predicted molar refractivity (Wildman–Crippen MR) is 86.1 cm³/mol. The molecular formula is C17H13F2NO4S. The first-order valence-electron chi connectivity index (χ1n) is 7.43. The molecule has 0 unspecified atom stereocenters. The lowest BCUT2D eigenvalue weighted by molar-refractivity contribution is 0.0967. The molecule has 3 rings (SSSR count). The van der Waals surface area contributed by atoms with E-state index < -0.39 is 32.9 Å². The molecule has 130 valence electrons. The highest BCUT2D eigenvalue weighted by atomic mass is 32.2. The molecule has 25 heavy (non-hydrogen) atoms. The summed E-state index contributed by atoms with van der Waals surface area (Å²) >= 11 is 0. The molecule has 0 heterocycles. The Kier molecular flexibility index (Phi) is 4.38. The first-order valence-corrected chi connectivity index (χ1v) is 8.91. The number of anilines is 1. The van der Waals surface area contributed by atoms with Crippen molar-refractivity contribution in [2.24, 2.45) is 5.92 Å². The van der Waals surface area contributed by atoms with Crippen molar-refractivity contribution in [1.82, 2.24) is 0 Å². The second-order valence-electron chi connectivity index (χ2n) is 5.74. The zero-order valence-electron chi connectivity index (χ0n) is 12.8. The average molecular weight is 365 g/mol. The molecule has 8 heteroatoms. The SMILES string of the molecule is O=Cc1cc(F)c(NS(=O)(=O)c2ccc(C(=O)C3CC3)cc2)cc1F. The summed E-state index contributed by atoms with van der Waals surface area (Å²) in [5, 5.41) is 0. The summed E-state index contributed by atoms with van der Waals surface area (Å²) in [7, 11) is -4.18. The van der Waals surface area contributed by atoms with Crippen LogP contribution in [0, 0.1) is 17.6 Å². The number of halogens is 2. The Balaban J connectivity index is 1.85. The zero-order chi connectivity index (χ0) is 18.2. The molecule has 0 aliphatic heterocycles. The van der Waals surface area contributed by atoms with Crippen molar-refractivity contribution in [3.05, 3.63) is 59.2 Å². The van der Waals surface area contributed by atoms with Gasteiger partial charge in [0.15, 0.2) is 12.1 Å². The number of benzene rings is 2. The predicted octanol–water partition coefficient (Wildman–Crippen LogP) is 3.17. The Hall–Kier alpha value is -2.61. The molecule has 0 amide bonds. The van der Waals surface area contributed by atoms with Gasteiger partial charge >= 0.3 is 0 Å². The number of aldehydes is 1. The van der Waals surface area contributed by atoms with Crippen LogP contribution in [-0.4, -0.2) is 20.5 Å². The van der Waals surface area contributed by atoms with Crippen LogP contribution < -0.4 is 4.72 Å². The van der Waals surface area contributed by atoms with E-state index in [-0.39, 0.29) is 22.9 Å². The third-order valence-corrected chi connectivity index (χ3v) is 5.24. The number of carbonyl (C=O) groups excluding carboxylic acids is 2. The van der Waals surface area contributed by atoms with Gasteiger partial charge in [-0.25, -0.2) is 17.2 Å². The lowest BCUT2D eigenvalue weighted by atomic mass is 10.1. The highest BCUT2D eigenvalue weighted by molar-refractivity contribution is 7.92. The van der Waals surface area contributed by atoms with E-state index in [2.05, 4.69) is 0 Å². The van der Waals surface area contributed by atoms with Crippen LogP contribution >= 0.6 is 0 Å². The first-order chi connectivity index (χ1) is 11.8. The highest BCUT2D eigenvalue weighted by Gasteiger charge is 2.30. The van der Waals surface area contributed by atoms with Crippen molar-refractivity contribution in [1.29, 1.82) is 0 Å². The maximum atomic E-state index is 13.8. The molecule has 1 aliphatic rings. The molecule has 0 bridgehead atoms. The smallest absolute Gasteiger partial charge is 0.261 e. The van der Waals surface area contributed by atoms with Crippen LogP contribution in [0.2, 0.25) is 0 Å². The fourth-order valence-electron chi connectivity index (χ4n) is 2.31. The second-order valence-corrected chi connectivity index (χ2v) is 7.42. The molecule has 5 nitrogen and oxygen atoms in total. The molecule has 1 aliphatic carbocycles. The van der Waals surface area contributed by atoms with Gasteiger partial charge in [0, 0.05) is 17.5 Å². The quantitative estimate of drug-likeness (QED) is 0.630. The fourth-order valence-corrected chi connectivity index (χ4v) is 3.37. The number of ketones is 1. The van der Waals surface area contributed by atoms with Crippen molar-refractivity contribution >= 4 is 27.8 Å². The summed E-state index contributed by atoms with van der Waals surface area (Å²) in [5.74, 6) is -2.14. The summed E-state index contributed by atoms with van der Waals surface area (Å²) in [6.07, 6.45) is 1.80. The fraction of sp³-hybridized carbons (Fsp3) is 0.176. The Bertz CT molecular complexity index is 951. The van der Waals surface area contributed by atoms with E-state index in [1.807, 2.05) is 4.72 Å². The van der Waals surface area contributed by atoms with Crippen LogP contribution in [0.5, 0.6) is 0 Å². The Morgan fingerprint density at radius 1 is 1.08 bits per heavy atom. The van der Waals surface area contributed by atoms with Gasteiger partial charge in [0.25, 0.3) is 10.0 Å². The zero-order valence-corrected chi connectivity index (χ0v) is 13.6. The van der Waals surface area contributed by atoms with Gasteiger partial charge in [-0.15, -0.1) is 0 Å². The number of rotatable bonds is 6. The van der Waals surface area contributed by atoms with E-state index in [9.17, 15) is 26.8 Å². The van der Waals surface area contributed by atoms with Crippen LogP contribution in [0.25, 0.3) is 0 Å². The number of hydrogen-bond donors (Lipinski definition) is 1. The highest BCUT2D eigenvalue weighted by Crippen LogP contribution is 2.32. The minimum atomic E-state index is -4.18. The van der Waals surface area contributed by atoms with E-state index in [0.717, 1.165) is 12.8 Å². The molecule has 2 aromatic rings. The molecule has 2 aromatic carbocycles. The van der Waals surface area contributed by atoms with Crippen molar-refractivity contribution in [3.8, 4) is 0 Å². The summed E-state index contributed by atoms with van der Waals surface area (Å²) in [6, 6.07) is 6.44. The molecule has 0 radical (unpaired) electrons. The number of carbonyl (C=O) groups is 2. The van der Waals surface area contributed by atoms with Crippen LogP contribution in [0.1, 0.15) is 33.6 Å². The molecule has 0 aromatic heterocycles. The van der Waals surface area contributed by atoms with Crippen LogP contribution in [0.15, 0.2) is 41.3 Å². The van der Waals surface area contributed by atoms with Crippen LogP contribution in [0.3, 0.4) is 0 Å². The normalized spacial score (nSPS) is 14.2. The number of nitrogens with one attached hydrogen (secondary N) is 1. The number of sulfonamides is 1. The minimum absolute atomic E-state index is 0.00832. The van der Waals surface area contributed by atoms with Gasteiger partial charge in [-0.2, -0.15) is 0 Å². The van der Waals surface area contributed by atoms with Crippen molar-refractivity contribution in [2.75, 3.05) is 4.72 Å². The molecule has 0 atom stereocenters. The number of Topliss-reactive ketones (excluding diaryl/α,β-unsaturated/α-hetero) is 1. The molecule has 1 N–H and O–H groups in total. The van der Waals surface area contributed by atoms with Crippen molar-refractivity contribution < 1.29 is 26.8 Å². The third-order valence-electron chi connectivity index (χ3n) is 3.85. The molecule has 0 spiro atoms. The van der Waals surface area contributed by atoms with E-state index in [4.69, 9.17) is 0 Å². The van der Waals surface area contributed by atoms with E-state index in [1.165, 1.54) is 24.3 Å². The summed E-state index contributed by atoms with van der Waals surface area (Å²) < 4.78 is 53.9. The topological polar surface area (TPSA) is 80.3 Å². The van der Waals surface area contributed by atoms with Crippen molar-refractivity contribution in [2.45, 2.75) is 17.7 Å². The maximum Gasteiger partial charge on any atom is 0.261 e. The standard InChI is InChI=1S/C17H13F2NO4S/c18-14-8-16(15(19)7-12(14)9-21)20-25(23,24)13-5-3-11(4-6-13)17(22)10-1-2-10/h3-10,20H,1-2H2. The van der Waals surface area contributed by atoms with Gasteiger partial charge in [0.2, 0.25) is 0 Å². The largest absolute Gasteiger partial charge is 0.298 e. The van der Waals surface area contributed by atoms with Gasteiger partial charge in [-0.05, 0) is 31.0 Å². The van der Waals surface area contributed by atoms with Crippen LogP contribution in [0.4, 0.5) is 14.5 Å². The summed E-state index contributed by atoms with van der Waals surface area (Å²) in [4.78, 5) is 22.3. The molecular weight excluding hydrogens is 352 g/mol. The number of hydrogen-bond acceptors (Lipinski definition) is 4. The molecule has 0 saturated heterocycles. The van der Waals surface area contributed by atoms with Crippen LogP contribution in [-0.2, 0) is 10.0 Å². The van der Waals surface area contributed by atoms with Gasteiger partial charge in [0.05, 0.1) is 16.1 Å². The van der Waals surface area contributed by atoms with Gasteiger partial charge in [0.1, 0.15) is 11.6 Å². The van der Waals surface area contributed by atoms with Gasteiger partial charge in [-0.1, -0.05) is 12.1 Å². The summed E-state index contributed by atoms with van der Waals surface area (Å²) in [5.41, 5.74) is -0.710. The lowest BCUT2D eigenvalue weighted by Crippen LogP contribution is -2.15. The maximum absolute atomic E-state index is 13.8. The average Bonchev–Trinajstić information content (AvgIpc) is 3.42. The first kappa shape index (κ1) is 17.2. The Morgan fingerprint density at radius 3 is 2.28 bits per heavy atom. The van der Waals surface area contributed by atoms with E-state index in [0.29, 0.717) is 17.7 Å². The van der Waals surface area contributed by atoms with E-state index in [1.54, 1.807) is 0 Å². The third kappa shape index (κ3) is 3.58. The molecule has 1 fully saturated rings. The minimum Gasteiger partial charge on any atom is -0.298 e. The monoisotopic (exact) mass is 365 g/mol. The lowest BCUT2D eigenvalue weighted by Gasteiger charge is -2.10. The Morgan fingerprint density at radius 2 is 1.72 bits per heavy atom. The molecule has 1 saturated carbocycles.